The maximum atomic E-state index is 5.84. The molecule has 3 rings (SSSR count). The van der Waals surface area contributed by atoms with Gasteiger partial charge in [0.1, 0.15) is 0 Å². The van der Waals surface area contributed by atoms with Crippen molar-refractivity contribution in [3.8, 4) is 0 Å². The van der Waals surface area contributed by atoms with Crippen LogP contribution in [0.15, 0.2) is 12.4 Å². The van der Waals surface area contributed by atoms with E-state index in [4.69, 9.17) is 9.47 Å². The van der Waals surface area contributed by atoms with Gasteiger partial charge in [-0.2, -0.15) is 5.10 Å². The Kier molecular flexibility index (Phi) is 3.13. The van der Waals surface area contributed by atoms with Crippen molar-refractivity contribution in [2.75, 3.05) is 20.3 Å². The quantitative estimate of drug-likeness (QED) is 0.859. The second-order valence-corrected chi connectivity index (χ2v) is 5.31. The molecule has 0 bridgehead atoms. The van der Waals surface area contributed by atoms with Crippen LogP contribution in [0.5, 0.6) is 0 Å². The molecule has 5 heteroatoms. The lowest BCUT2D eigenvalue weighted by molar-refractivity contribution is -0.189. The van der Waals surface area contributed by atoms with Crippen LogP contribution in [0.25, 0.3) is 0 Å². The summed E-state index contributed by atoms with van der Waals surface area (Å²) in [6.07, 6.45) is 6.91. The summed E-state index contributed by atoms with van der Waals surface area (Å²) >= 11 is 0. The molecule has 5 nitrogen and oxygen atoms in total. The molecule has 1 aliphatic heterocycles. The fraction of sp³-hybridized carbons (Fsp3) is 0.769. The largest absolute Gasteiger partial charge is 0.347 e. The van der Waals surface area contributed by atoms with Crippen molar-refractivity contribution in [2.24, 2.45) is 0 Å². The topological polar surface area (TPSA) is 48.3 Å². The first-order valence-electron chi connectivity index (χ1n) is 6.68. The third kappa shape index (κ3) is 2.06. The van der Waals surface area contributed by atoms with Gasteiger partial charge in [0, 0.05) is 25.1 Å². The minimum absolute atomic E-state index is 0.301. The number of ether oxygens (including phenoxy) is 2. The van der Waals surface area contributed by atoms with Gasteiger partial charge < -0.3 is 14.8 Å². The van der Waals surface area contributed by atoms with Gasteiger partial charge in [-0.1, -0.05) is 0 Å². The molecule has 1 saturated heterocycles. The molecule has 100 valence electrons. The lowest BCUT2D eigenvalue weighted by atomic mass is 9.85. The van der Waals surface area contributed by atoms with Crippen molar-refractivity contribution in [2.45, 2.75) is 44.1 Å². The lowest BCUT2D eigenvalue weighted by Crippen LogP contribution is -2.48. The Morgan fingerprint density at radius 1 is 1.44 bits per heavy atom. The Morgan fingerprint density at radius 2 is 2.22 bits per heavy atom. The summed E-state index contributed by atoms with van der Waals surface area (Å²) in [7, 11) is 2.02. The van der Waals surface area contributed by atoms with Gasteiger partial charge in [-0.05, 0) is 26.0 Å². The predicted molar refractivity (Wildman–Crippen MR) is 67.3 cm³/mol. The van der Waals surface area contributed by atoms with Crippen molar-refractivity contribution in [3.63, 3.8) is 0 Å². The standard InChI is InChI=1S/C13H21N3O2/c1-10-8-15-16(9-10)12-7-13(17-5-6-18-13)4-3-11(12)14-2/h8-9,11-12,14H,3-7H2,1-2H3. The number of nitrogens with one attached hydrogen (secondary N) is 1. The molecule has 18 heavy (non-hydrogen) atoms. The van der Waals surface area contributed by atoms with E-state index < -0.39 is 0 Å². The zero-order valence-electron chi connectivity index (χ0n) is 11.1. The second kappa shape index (κ2) is 4.64. The summed E-state index contributed by atoms with van der Waals surface area (Å²) in [5.41, 5.74) is 1.19. The Hall–Kier alpha value is -0.910. The van der Waals surface area contributed by atoms with Crippen molar-refractivity contribution >= 4 is 0 Å². The molecule has 1 aromatic heterocycles. The molecule has 2 unspecified atom stereocenters. The number of nitrogens with zero attached hydrogens (tertiary/aromatic N) is 2. The van der Waals surface area contributed by atoms with E-state index in [1.807, 2.05) is 13.2 Å². The molecule has 1 N–H and O–H groups in total. The summed E-state index contributed by atoms with van der Waals surface area (Å²) in [6, 6.07) is 0.735. The summed E-state index contributed by atoms with van der Waals surface area (Å²) in [6.45, 7) is 3.50. The zero-order valence-corrected chi connectivity index (χ0v) is 11.1. The van der Waals surface area contributed by atoms with Crippen LogP contribution in [0.1, 0.15) is 30.9 Å². The molecule has 0 aromatic carbocycles. The smallest absolute Gasteiger partial charge is 0.170 e. The van der Waals surface area contributed by atoms with E-state index in [1.54, 1.807) is 0 Å². The fourth-order valence-corrected chi connectivity index (χ4v) is 3.12. The number of aromatic nitrogens is 2. The van der Waals surface area contributed by atoms with E-state index in [0.29, 0.717) is 12.1 Å². The van der Waals surface area contributed by atoms with E-state index in [2.05, 4.69) is 28.2 Å². The van der Waals surface area contributed by atoms with Crippen LogP contribution < -0.4 is 5.32 Å². The molecule has 0 radical (unpaired) electrons. The van der Waals surface area contributed by atoms with Gasteiger partial charge in [0.25, 0.3) is 0 Å². The van der Waals surface area contributed by atoms with Gasteiger partial charge in [-0.3, -0.25) is 4.68 Å². The summed E-state index contributed by atoms with van der Waals surface area (Å²) in [4.78, 5) is 0. The molecular weight excluding hydrogens is 230 g/mol. The van der Waals surface area contributed by atoms with Gasteiger partial charge in [0.2, 0.25) is 0 Å². The molecule has 2 heterocycles. The first kappa shape index (κ1) is 12.1. The van der Waals surface area contributed by atoms with Gasteiger partial charge in [0.05, 0.1) is 25.5 Å². The molecule has 2 atom stereocenters. The third-order valence-corrected chi connectivity index (χ3v) is 4.08. The highest BCUT2D eigenvalue weighted by atomic mass is 16.7. The van der Waals surface area contributed by atoms with Gasteiger partial charge in [0.15, 0.2) is 5.79 Å². The molecule has 1 saturated carbocycles. The van der Waals surface area contributed by atoms with E-state index in [9.17, 15) is 0 Å². The van der Waals surface area contributed by atoms with Crippen LogP contribution in [-0.4, -0.2) is 41.9 Å². The maximum Gasteiger partial charge on any atom is 0.170 e. The number of aryl methyl sites for hydroxylation is 1. The number of hydrogen-bond donors (Lipinski definition) is 1. The number of likely N-dealkylation sites (N-methyl/N-ethyl adjacent to an activating group) is 1. The van der Waals surface area contributed by atoms with E-state index in [0.717, 1.165) is 32.5 Å². The molecular formula is C13H21N3O2. The first-order chi connectivity index (χ1) is 8.72. The van der Waals surface area contributed by atoms with Gasteiger partial charge >= 0.3 is 0 Å². The molecule has 0 amide bonds. The molecule has 2 fully saturated rings. The van der Waals surface area contributed by atoms with Crippen LogP contribution in [0, 0.1) is 6.92 Å². The van der Waals surface area contributed by atoms with Gasteiger partial charge in [-0.25, -0.2) is 0 Å². The Balaban J connectivity index is 1.83. The highest BCUT2D eigenvalue weighted by Crippen LogP contribution is 2.40. The van der Waals surface area contributed by atoms with Gasteiger partial charge in [-0.15, -0.1) is 0 Å². The normalized spacial score (nSPS) is 31.0. The van der Waals surface area contributed by atoms with E-state index >= 15 is 0 Å². The van der Waals surface area contributed by atoms with Crippen molar-refractivity contribution in [1.82, 2.24) is 15.1 Å². The van der Waals surface area contributed by atoms with Crippen LogP contribution in [0.3, 0.4) is 0 Å². The van der Waals surface area contributed by atoms with E-state index in [-0.39, 0.29) is 5.79 Å². The summed E-state index contributed by atoms with van der Waals surface area (Å²) in [5.74, 6) is -0.363. The highest BCUT2D eigenvalue weighted by molar-refractivity contribution is 5.03. The Bertz CT molecular complexity index is 412. The maximum absolute atomic E-state index is 5.84. The minimum atomic E-state index is -0.363. The highest BCUT2D eigenvalue weighted by Gasteiger charge is 2.45. The monoisotopic (exact) mass is 251 g/mol. The third-order valence-electron chi connectivity index (χ3n) is 4.08. The van der Waals surface area contributed by atoms with E-state index in [1.165, 1.54) is 5.56 Å². The van der Waals surface area contributed by atoms with Crippen LogP contribution >= 0.6 is 0 Å². The molecule has 1 spiro atoms. The SMILES string of the molecule is CNC1CCC2(CC1n1cc(C)cn1)OCCO2. The zero-order chi connectivity index (χ0) is 12.6. The lowest BCUT2D eigenvalue weighted by Gasteiger charge is -2.41. The van der Waals surface area contributed by atoms with Crippen LogP contribution in [0.2, 0.25) is 0 Å². The average molecular weight is 251 g/mol. The first-order valence-corrected chi connectivity index (χ1v) is 6.68. The molecule has 1 aromatic rings. The number of hydrogen-bond acceptors (Lipinski definition) is 4. The Morgan fingerprint density at radius 3 is 2.83 bits per heavy atom. The average Bonchev–Trinajstić information content (AvgIpc) is 2.99. The molecule has 2 aliphatic rings. The number of rotatable bonds is 2. The Labute approximate surface area is 107 Å². The van der Waals surface area contributed by atoms with Crippen LogP contribution in [0.4, 0.5) is 0 Å². The minimum Gasteiger partial charge on any atom is -0.347 e. The van der Waals surface area contributed by atoms with Crippen molar-refractivity contribution in [3.05, 3.63) is 18.0 Å². The fourth-order valence-electron chi connectivity index (χ4n) is 3.12. The summed E-state index contributed by atoms with van der Waals surface area (Å²) in [5, 5.41) is 7.85. The summed E-state index contributed by atoms with van der Waals surface area (Å²) < 4.78 is 13.7. The molecule has 1 aliphatic carbocycles. The van der Waals surface area contributed by atoms with Crippen molar-refractivity contribution < 1.29 is 9.47 Å². The van der Waals surface area contributed by atoms with Crippen LogP contribution in [-0.2, 0) is 9.47 Å². The second-order valence-electron chi connectivity index (χ2n) is 5.31. The predicted octanol–water partition coefficient (Wildman–Crippen LogP) is 1.25. The van der Waals surface area contributed by atoms with Crippen molar-refractivity contribution in [1.29, 1.82) is 0 Å².